The molecule has 7 aromatic heterocycles. The van der Waals surface area contributed by atoms with Gasteiger partial charge in [0.05, 0.1) is 7.11 Å². The van der Waals surface area contributed by atoms with E-state index < -0.39 is 0 Å². The second-order valence-electron chi connectivity index (χ2n) is 19.9. The number of aromatic nitrogens is 7. The molecule has 7 N–H and O–H groups in total. The first-order valence-corrected chi connectivity index (χ1v) is 27.5. The van der Waals surface area contributed by atoms with Crippen LogP contribution >= 0.6 is 39.1 Å². The lowest BCUT2D eigenvalue weighted by molar-refractivity contribution is 0.419. The van der Waals surface area contributed by atoms with Gasteiger partial charge in [-0.15, -0.1) is 0 Å². The van der Waals surface area contributed by atoms with Crippen LogP contribution in [0.15, 0.2) is 174 Å². The molecule has 398 valence electrons. The Bertz CT molecular complexity index is 3930. The number of rotatable bonds is 1. The molecule has 0 spiro atoms. The lowest BCUT2D eigenvalue weighted by Gasteiger charge is -2.01. The highest BCUT2D eigenvalue weighted by molar-refractivity contribution is 9.10. The molecule has 7 aromatic carbocycles. The molecule has 0 saturated heterocycles. The van der Waals surface area contributed by atoms with Crippen LogP contribution in [0.2, 0.25) is 10.0 Å². The van der Waals surface area contributed by atoms with Gasteiger partial charge >= 0.3 is 0 Å². The number of para-hydroxylation sites is 2. The van der Waals surface area contributed by atoms with Crippen molar-refractivity contribution in [3.8, 4) is 5.75 Å². The predicted molar refractivity (Wildman–Crippen MR) is 340 cm³/mol. The number of hydrogen-bond donors (Lipinski definition) is 7. The van der Waals surface area contributed by atoms with E-state index in [0.29, 0.717) is 0 Å². The van der Waals surface area contributed by atoms with Crippen molar-refractivity contribution in [2.75, 3.05) is 7.11 Å². The van der Waals surface area contributed by atoms with Crippen molar-refractivity contribution in [2.45, 2.75) is 69.2 Å². The third-order valence-electron chi connectivity index (χ3n) is 13.2. The average molecular weight is 1140 g/mol. The van der Waals surface area contributed by atoms with E-state index in [1.54, 1.807) is 7.11 Å². The van der Waals surface area contributed by atoms with Crippen LogP contribution < -0.4 is 4.74 Å². The minimum absolute atomic E-state index is 0.777. The maximum absolute atomic E-state index is 5.81. The second-order valence-corrected chi connectivity index (χ2v) is 21.7. The Morgan fingerprint density at radius 3 is 1.45 bits per heavy atom. The normalized spacial score (nSPS) is 10.7. The van der Waals surface area contributed by atoms with Gasteiger partial charge in [-0.2, -0.15) is 0 Å². The van der Waals surface area contributed by atoms with E-state index in [0.717, 1.165) is 36.8 Å². The third kappa shape index (κ3) is 14.6. The first-order chi connectivity index (χ1) is 37.4. The number of nitrogens with one attached hydrogen (secondary N) is 7. The Balaban J connectivity index is 0.000000120. The summed E-state index contributed by atoms with van der Waals surface area (Å²) in [6, 6.07) is 57.9. The van der Waals surface area contributed by atoms with Crippen molar-refractivity contribution in [3.63, 3.8) is 0 Å². The van der Waals surface area contributed by atoms with Gasteiger partial charge in [-0.05, 0) is 216 Å². The molecule has 0 amide bonds. The van der Waals surface area contributed by atoms with E-state index in [2.05, 4.69) is 221 Å². The molecular weight excluding hydrogens is 1070 g/mol. The predicted octanol–water partition coefficient (Wildman–Crippen LogP) is 20.3. The topological polar surface area (TPSA) is 120 Å². The van der Waals surface area contributed by atoms with Crippen LogP contribution in [0.3, 0.4) is 0 Å². The van der Waals surface area contributed by atoms with Gasteiger partial charge in [0.2, 0.25) is 0 Å². The Morgan fingerprint density at radius 2 is 0.821 bits per heavy atom. The van der Waals surface area contributed by atoms with Gasteiger partial charge in [0.15, 0.2) is 0 Å². The average Bonchev–Trinajstić information content (AvgIpc) is 4.30. The number of benzene rings is 7. The maximum Gasteiger partial charge on any atom is 0.128 e. The van der Waals surface area contributed by atoms with Crippen molar-refractivity contribution < 1.29 is 4.74 Å². The maximum atomic E-state index is 5.81. The van der Waals surface area contributed by atoms with Gasteiger partial charge in [0.1, 0.15) is 5.75 Å². The zero-order valence-electron chi connectivity index (χ0n) is 46.2. The molecule has 0 radical (unpaired) electrons. The minimum Gasteiger partial charge on any atom is -0.496 e. The van der Waals surface area contributed by atoms with Crippen molar-refractivity contribution >= 4 is 115 Å². The summed E-state index contributed by atoms with van der Waals surface area (Å²) in [4.78, 5) is 22.9. The molecule has 78 heavy (non-hydrogen) atoms. The molecule has 14 aromatic rings. The van der Waals surface area contributed by atoms with Crippen molar-refractivity contribution in [2.24, 2.45) is 0 Å². The number of halogens is 3. The van der Waals surface area contributed by atoms with E-state index in [1.165, 1.54) is 116 Å². The summed E-state index contributed by atoms with van der Waals surface area (Å²) in [5, 5.41) is 10.3. The zero-order valence-corrected chi connectivity index (χ0v) is 49.3. The molecule has 11 heteroatoms. The summed E-state index contributed by atoms with van der Waals surface area (Å²) in [5.74, 6) is 0.944. The Morgan fingerprint density at radius 1 is 0.359 bits per heavy atom. The number of H-pyrrole nitrogens is 7. The highest BCUT2D eigenvalue weighted by atomic mass is 79.9. The first kappa shape index (κ1) is 56.4. The smallest absolute Gasteiger partial charge is 0.128 e. The van der Waals surface area contributed by atoms with Crippen molar-refractivity contribution in [3.05, 3.63) is 241 Å². The van der Waals surface area contributed by atoms with E-state index in [1.807, 2.05) is 68.4 Å². The number of ether oxygens (including phenoxy) is 1. The summed E-state index contributed by atoms with van der Waals surface area (Å²) in [7, 11) is 1.70. The van der Waals surface area contributed by atoms with Gasteiger partial charge in [0, 0.05) is 104 Å². The fourth-order valence-electron chi connectivity index (χ4n) is 9.47. The quantitative estimate of drug-likeness (QED) is 0.0871. The zero-order chi connectivity index (χ0) is 55.6. The monoisotopic (exact) mass is 1140 g/mol. The molecule has 0 fully saturated rings. The first-order valence-electron chi connectivity index (χ1n) is 25.9. The Kier molecular flexibility index (Phi) is 18.5. The number of fused-ring (bicyclic) bond motifs is 7. The van der Waals surface area contributed by atoms with E-state index in [-0.39, 0.29) is 0 Å². The fourth-order valence-corrected chi connectivity index (χ4v) is 10.2. The Labute approximate surface area is 475 Å². The molecule has 8 nitrogen and oxygen atoms in total. The minimum atomic E-state index is 0.777. The number of aromatic amines is 7. The van der Waals surface area contributed by atoms with Gasteiger partial charge in [-0.1, -0.05) is 106 Å². The highest BCUT2D eigenvalue weighted by Crippen LogP contribution is 2.30. The highest BCUT2D eigenvalue weighted by Gasteiger charge is 2.08. The molecular formula is C67H68BrCl2N7O. The van der Waals surface area contributed by atoms with Crippen LogP contribution in [0.4, 0.5) is 0 Å². The van der Waals surface area contributed by atoms with Gasteiger partial charge in [-0.25, -0.2) is 0 Å². The molecule has 7 heterocycles. The van der Waals surface area contributed by atoms with Crippen molar-refractivity contribution in [1.82, 2.24) is 34.9 Å². The molecule has 0 bridgehead atoms. The van der Waals surface area contributed by atoms with Crippen LogP contribution in [-0.4, -0.2) is 42.0 Å². The van der Waals surface area contributed by atoms with Crippen LogP contribution in [0, 0.1) is 69.2 Å². The summed E-state index contributed by atoms with van der Waals surface area (Å²) >= 11 is 15.0. The lowest BCUT2D eigenvalue weighted by atomic mass is 10.1. The second kappa shape index (κ2) is 25.6. The van der Waals surface area contributed by atoms with E-state index >= 15 is 0 Å². The van der Waals surface area contributed by atoms with Crippen molar-refractivity contribution in [1.29, 1.82) is 0 Å². The van der Waals surface area contributed by atoms with Crippen LogP contribution in [0.25, 0.3) is 76.3 Å². The van der Waals surface area contributed by atoms with Gasteiger partial charge < -0.3 is 39.6 Å². The van der Waals surface area contributed by atoms with Crippen LogP contribution in [0.5, 0.6) is 5.75 Å². The van der Waals surface area contributed by atoms with Crippen LogP contribution in [0.1, 0.15) is 56.5 Å². The summed E-state index contributed by atoms with van der Waals surface area (Å²) in [6.07, 6.45) is 0. The summed E-state index contributed by atoms with van der Waals surface area (Å²) in [6.45, 7) is 20.8. The molecule has 14 rings (SSSR count). The molecule has 0 saturated carbocycles. The van der Waals surface area contributed by atoms with Gasteiger partial charge in [0.25, 0.3) is 0 Å². The molecule has 0 aliphatic rings. The number of aryl methyl sites for hydroxylation is 10. The number of methoxy groups -OCH3 is 1. The molecule has 0 atom stereocenters. The fraction of sp³-hybridized carbons (Fsp3) is 0.164. The Hall–Kier alpha value is -7.82. The summed E-state index contributed by atoms with van der Waals surface area (Å²) in [5.41, 5.74) is 20.6. The molecule has 0 aliphatic carbocycles. The molecule has 0 unspecified atom stereocenters. The largest absolute Gasteiger partial charge is 0.496 e. The molecule has 0 aliphatic heterocycles. The SMILES string of the molecule is COc1cccc2[nH]c(C)c(C)c12.Cc1cc2cc(Cl)ccc2[nH]1.Cc1cc2ccc(Br)cc2[nH]1.Cc1cc2ccc(Cl)cc2[nH]1.Cc1cc2cccc(C)c2[nH]1.Cc1cc2ccccc2[nH]1.Cc1ccc2cc(C)[nH]c2c1. The number of hydrogen-bond acceptors (Lipinski definition) is 1. The standard InChI is InChI=1S/C11H13NO.2C10H11N.C9H8BrN.2C9H8ClN.C9H9N/c1-7-8(2)12-9-5-4-6-10(13-3)11(7)9;1-7-3-4-9-6-8(2)11-10(9)5-7;1-7-4-3-5-9-6-8(2)11-10(7)9;1-6-4-7-2-3-8(10)5-9(7)11-6;1-6-4-7-5-8(10)2-3-9(7)11-6;1-6-4-7-2-3-8(10)5-9(7)11-6;1-7-6-8-4-2-3-5-9(8)10-7/h4-6,12H,1-3H3;2*3-6,11H,1-2H3;3*2-5,11H,1H3;2-6,10H,1H3. The van der Waals surface area contributed by atoms with E-state index in [9.17, 15) is 0 Å². The lowest BCUT2D eigenvalue weighted by Crippen LogP contribution is -1.83. The van der Waals surface area contributed by atoms with E-state index in [4.69, 9.17) is 27.9 Å². The summed E-state index contributed by atoms with van der Waals surface area (Å²) < 4.78 is 6.42. The van der Waals surface area contributed by atoms with Crippen LogP contribution in [-0.2, 0) is 0 Å². The third-order valence-corrected chi connectivity index (χ3v) is 14.2. The van der Waals surface area contributed by atoms with Gasteiger partial charge in [-0.3, -0.25) is 0 Å².